The maximum Gasteiger partial charge on any atom is 0.303 e. The van der Waals surface area contributed by atoms with Gasteiger partial charge in [-0.3, -0.25) is 4.79 Å². The summed E-state index contributed by atoms with van der Waals surface area (Å²) in [6.45, 7) is 11.2. The van der Waals surface area contributed by atoms with Crippen molar-refractivity contribution in [3.63, 3.8) is 0 Å². The second kappa shape index (κ2) is 4.71. The zero-order valence-corrected chi connectivity index (χ0v) is 10.8. The van der Waals surface area contributed by atoms with E-state index in [2.05, 4.69) is 20.8 Å². The maximum atomic E-state index is 10.7. The number of carboxylic acid groups (broad SMARTS) is 1. The molecule has 16 heavy (non-hydrogen) atoms. The van der Waals surface area contributed by atoms with Gasteiger partial charge in [0.2, 0.25) is 5.69 Å². The number of hydrogen-bond acceptors (Lipinski definition) is 1. The quantitative estimate of drug-likeness (QED) is 0.863. The standard InChI is InChI=1S/C11H13BrN2O2/c1-11(2,5-10(15)16)7-14-6-8(13-3)4-9(14)12/h4,6H,5,7H2,1-2H3,(H,15,16). The second-order valence-corrected chi connectivity index (χ2v) is 5.31. The summed E-state index contributed by atoms with van der Waals surface area (Å²) in [4.78, 5) is 14.0. The van der Waals surface area contributed by atoms with Crippen LogP contribution in [0.1, 0.15) is 20.3 Å². The molecule has 86 valence electrons. The minimum atomic E-state index is -0.807. The molecule has 4 nitrogen and oxygen atoms in total. The molecule has 0 spiro atoms. The molecule has 0 aromatic carbocycles. The van der Waals surface area contributed by atoms with Crippen LogP contribution in [0.3, 0.4) is 0 Å². The van der Waals surface area contributed by atoms with Crippen LogP contribution in [-0.4, -0.2) is 15.6 Å². The van der Waals surface area contributed by atoms with Crippen molar-refractivity contribution in [2.45, 2.75) is 26.8 Å². The molecule has 5 heteroatoms. The monoisotopic (exact) mass is 284 g/mol. The van der Waals surface area contributed by atoms with Crippen molar-refractivity contribution < 1.29 is 9.90 Å². The summed E-state index contributed by atoms with van der Waals surface area (Å²) in [5.41, 5.74) is 0.213. The Labute approximate surface area is 103 Å². The zero-order valence-electron chi connectivity index (χ0n) is 9.20. The molecule has 0 bridgehead atoms. The van der Waals surface area contributed by atoms with Gasteiger partial charge in [-0.15, -0.1) is 0 Å². The number of nitrogens with zero attached hydrogens (tertiary/aromatic N) is 2. The van der Waals surface area contributed by atoms with Crippen LogP contribution in [0.2, 0.25) is 0 Å². The average Bonchev–Trinajstić information content (AvgIpc) is 2.44. The molecule has 1 N–H and O–H groups in total. The first-order valence-electron chi connectivity index (χ1n) is 4.79. The third-order valence-electron chi connectivity index (χ3n) is 2.19. The molecule has 0 unspecified atom stereocenters. The number of hydrogen-bond donors (Lipinski definition) is 1. The predicted octanol–water partition coefficient (Wildman–Crippen LogP) is 3.30. The minimum Gasteiger partial charge on any atom is -0.481 e. The van der Waals surface area contributed by atoms with Gasteiger partial charge in [-0.05, 0) is 27.4 Å². The predicted molar refractivity (Wildman–Crippen MR) is 64.4 cm³/mol. The Kier molecular flexibility index (Phi) is 3.76. The highest BCUT2D eigenvalue weighted by molar-refractivity contribution is 9.10. The van der Waals surface area contributed by atoms with Crippen molar-refractivity contribution in [2.75, 3.05) is 0 Å². The van der Waals surface area contributed by atoms with Crippen molar-refractivity contribution in [1.29, 1.82) is 0 Å². The van der Waals surface area contributed by atoms with Gasteiger partial charge in [0.1, 0.15) is 0 Å². The van der Waals surface area contributed by atoms with Crippen molar-refractivity contribution in [3.05, 3.63) is 28.3 Å². The van der Waals surface area contributed by atoms with Crippen LogP contribution in [0.25, 0.3) is 4.85 Å². The summed E-state index contributed by atoms with van der Waals surface area (Å²) in [7, 11) is 0. The Morgan fingerprint density at radius 2 is 2.31 bits per heavy atom. The second-order valence-electron chi connectivity index (χ2n) is 4.50. The van der Waals surface area contributed by atoms with Crippen molar-refractivity contribution in [2.24, 2.45) is 5.41 Å². The molecule has 1 aromatic rings. The van der Waals surface area contributed by atoms with E-state index in [0.29, 0.717) is 12.2 Å². The van der Waals surface area contributed by atoms with E-state index < -0.39 is 5.97 Å². The number of rotatable bonds is 4. The lowest BCUT2D eigenvalue weighted by Gasteiger charge is -2.23. The highest BCUT2D eigenvalue weighted by Gasteiger charge is 2.23. The molecule has 1 aromatic heterocycles. The Morgan fingerprint density at radius 1 is 1.69 bits per heavy atom. The lowest BCUT2D eigenvalue weighted by Crippen LogP contribution is -2.23. The summed E-state index contributed by atoms with van der Waals surface area (Å²) in [6.07, 6.45) is 1.83. The number of aliphatic carboxylic acids is 1. The summed E-state index contributed by atoms with van der Waals surface area (Å²) in [6, 6.07) is 1.73. The molecule has 0 aliphatic carbocycles. The Morgan fingerprint density at radius 3 is 2.75 bits per heavy atom. The lowest BCUT2D eigenvalue weighted by molar-refractivity contribution is -0.139. The Hall–Kier alpha value is -1.28. The summed E-state index contributed by atoms with van der Waals surface area (Å²) >= 11 is 3.35. The van der Waals surface area contributed by atoms with Gasteiger partial charge in [0.05, 0.1) is 17.6 Å². The number of aromatic nitrogens is 1. The first-order chi connectivity index (χ1) is 7.34. The van der Waals surface area contributed by atoms with E-state index >= 15 is 0 Å². The van der Waals surface area contributed by atoms with Crippen molar-refractivity contribution >= 4 is 27.6 Å². The van der Waals surface area contributed by atoms with Crippen LogP contribution in [0.5, 0.6) is 0 Å². The van der Waals surface area contributed by atoms with Gasteiger partial charge < -0.3 is 9.67 Å². The van der Waals surface area contributed by atoms with Gasteiger partial charge in [-0.2, -0.15) is 0 Å². The molecule has 0 amide bonds. The number of halogens is 1. The van der Waals surface area contributed by atoms with Crippen LogP contribution in [0, 0.1) is 12.0 Å². The molecule has 0 fully saturated rings. The van der Waals surface area contributed by atoms with Crippen LogP contribution in [0.4, 0.5) is 5.69 Å². The highest BCUT2D eigenvalue weighted by Crippen LogP contribution is 2.28. The maximum absolute atomic E-state index is 10.7. The SMILES string of the molecule is [C-]#[N+]c1cc(Br)n(CC(C)(C)CC(=O)O)c1. The molecule has 0 aliphatic heterocycles. The molecule has 0 atom stereocenters. The van der Waals surface area contributed by atoms with Crippen LogP contribution in [0.15, 0.2) is 16.9 Å². The van der Waals surface area contributed by atoms with Gasteiger partial charge in [0.25, 0.3) is 0 Å². The van der Waals surface area contributed by atoms with E-state index in [-0.39, 0.29) is 11.8 Å². The van der Waals surface area contributed by atoms with Crippen LogP contribution >= 0.6 is 15.9 Å². The van der Waals surface area contributed by atoms with Crippen LogP contribution in [-0.2, 0) is 11.3 Å². The summed E-state index contributed by atoms with van der Waals surface area (Å²) in [5.74, 6) is -0.807. The summed E-state index contributed by atoms with van der Waals surface area (Å²) < 4.78 is 2.66. The lowest BCUT2D eigenvalue weighted by atomic mass is 9.89. The first-order valence-corrected chi connectivity index (χ1v) is 5.58. The molecule has 1 heterocycles. The van der Waals surface area contributed by atoms with Gasteiger partial charge in [-0.25, -0.2) is 4.85 Å². The van der Waals surface area contributed by atoms with E-state index in [1.54, 1.807) is 12.3 Å². The van der Waals surface area contributed by atoms with Gasteiger partial charge in [-0.1, -0.05) is 13.8 Å². The number of carboxylic acids is 1. The Balaban J connectivity index is 2.83. The minimum absolute atomic E-state index is 0.102. The molecule has 0 saturated carbocycles. The van der Waals surface area contributed by atoms with Gasteiger partial charge >= 0.3 is 5.97 Å². The fourth-order valence-corrected chi connectivity index (χ4v) is 2.03. The smallest absolute Gasteiger partial charge is 0.303 e. The van der Waals surface area contributed by atoms with E-state index in [0.717, 1.165) is 4.60 Å². The average molecular weight is 285 g/mol. The van der Waals surface area contributed by atoms with E-state index in [1.165, 1.54) is 0 Å². The molecule has 0 saturated heterocycles. The third kappa shape index (κ3) is 3.38. The molecular weight excluding hydrogens is 272 g/mol. The fourth-order valence-electron chi connectivity index (χ4n) is 1.57. The molecular formula is C11H13BrN2O2. The van der Waals surface area contributed by atoms with Gasteiger partial charge in [0.15, 0.2) is 0 Å². The fraction of sp³-hybridized carbons (Fsp3) is 0.455. The van der Waals surface area contributed by atoms with Crippen molar-refractivity contribution in [3.8, 4) is 0 Å². The first kappa shape index (κ1) is 12.8. The van der Waals surface area contributed by atoms with E-state index in [4.69, 9.17) is 11.7 Å². The number of carbonyl (C=O) groups is 1. The van der Waals surface area contributed by atoms with E-state index in [1.807, 2.05) is 18.4 Å². The highest BCUT2D eigenvalue weighted by atomic mass is 79.9. The van der Waals surface area contributed by atoms with Crippen molar-refractivity contribution in [1.82, 2.24) is 4.57 Å². The molecule has 1 rings (SSSR count). The third-order valence-corrected chi connectivity index (χ3v) is 2.87. The normalized spacial score (nSPS) is 11.1. The Bertz CT molecular complexity index is 443. The largest absolute Gasteiger partial charge is 0.481 e. The summed E-state index contributed by atoms with van der Waals surface area (Å²) in [5, 5.41) is 8.78. The molecule has 0 radical (unpaired) electrons. The molecule has 0 aliphatic rings. The van der Waals surface area contributed by atoms with E-state index in [9.17, 15) is 4.79 Å². The topological polar surface area (TPSA) is 46.6 Å². The van der Waals surface area contributed by atoms with Gasteiger partial charge in [0, 0.05) is 12.7 Å². The zero-order chi connectivity index (χ0) is 12.3. The van der Waals surface area contributed by atoms with Crippen LogP contribution < -0.4 is 0 Å².